The second-order valence-corrected chi connectivity index (χ2v) is 7.62. The third kappa shape index (κ3) is 3.55. The molecule has 2 aliphatic rings. The van der Waals surface area contributed by atoms with Crippen LogP contribution in [0.5, 0.6) is 0 Å². The minimum atomic E-state index is -4.61. The Morgan fingerprint density at radius 1 is 1.06 bits per heavy atom. The monoisotopic (exact) mass is 447 g/mol. The molecular formula is C20H17ClF3N7. The van der Waals surface area contributed by atoms with Crippen molar-refractivity contribution < 1.29 is 13.2 Å². The normalized spacial score (nSPS) is 16.4. The summed E-state index contributed by atoms with van der Waals surface area (Å²) in [4.78, 5) is 11.0. The second-order valence-electron chi connectivity index (χ2n) is 7.22. The van der Waals surface area contributed by atoms with Crippen LogP contribution in [0.25, 0.3) is 5.69 Å². The van der Waals surface area contributed by atoms with Crippen LogP contribution in [-0.2, 0) is 12.7 Å². The topological polar surface area (TPSA) is 71.2 Å². The van der Waals surface area contributed by atoms with E-state index in [1.165, 1.54) is 6.07 Å². The Kier molecular flexibility index (Phi) is 4.90. The first-order valence-corrected chi connectivity index (χ1v) is 10.1. The number of rotatable bonds is 2. The van der Waals surface area contributed by atoms with E-state index in [4.69, 9.17) is 11.6 Å². The standard InChI is InChI=1S/C20H17ClF3N7/c21-14-9-12-16(10-13(14)20(22,23)24)31-17(11-27-18(12)15-3-1-2-4-26-15)28-29-19(31)30-7-5-25-6-8-30/h1-4,9-10,25H,5-8,11H2. The summed E-state index contributed by atoms with van der Waals surface area (Å²) in [6, 6.07) is 7.69. The third-order valence-corrected chi connectivity index (χ3v) is 5.60. The molecule has 11 heteroatoms. The molecule has 7 nitrogen and oxygen atoms in total. The summed E-state index contributed by atoms with van der Waals surface area (Å²) >= 11 is 6.09. The van der Waals surface area contributed by atoms with E-state index in [-0.39, 0.29) is 12.2 Å². The molecule has 0 radical (unpaired) electrons. The first-order chi connectivity index (χ1) is 14.9. The molecule has 1 aromatic carbocycles. The molecule has 3 aromatic rings. The lowest BCUT2D eigenvalue weighted by Gasteiger charge is -2.29. The fourth-order valence-electron chi connectivity index (χ4n) is 3.84. The molecule has 0 aliphatic carbocycles. The first kappa shape index (κ1) is 20.0. The van der Waals surface area contributed by atoms with Gasteiger partial charge in [-0.25, -0.2) is 0 Å². The second kappa shape index (κ2) is 7.61. The lowest BCUT2D eigenvalue weighted by Crippen LogP contribution is -2.44. The largest absolute Gasteiger partial charge is 0.417 e. The summed E-state index contributed by atoms with van der Waals surface area (Å²) in [7, 11) is 0. The van der Waals surface area contributed by atoms with Crippen LogP contribution in [-0.4, -0.2) is 51.6 Å². The molecule has 0 unspecified atom stereocenters. The number of piperazine rings is 1. The average Bonchev–Trinajstić information content (AvgIpc) is 3.11. The van der Waals surface area contributed by atoms with E-state index in [0.717, 1.165) is 19.2 Å². The van der Waals surface area contributed by atoms with Crippen LogP contribution >= 0.6 is 11.6 Å². The van der Waals surface area contributed by atoms with Gasteiger partial charge < -0.3 is 10.2 Å². The smallest absolute Gasteiger partial charge is 0.338 e. The van der Waals surface area contributed by atoms with Crippen LogP contribution in [0.3, 0.4) is 0 Å². The molecule has 0 atom stereocenters. The Morgan fingerprint density at radius 3 is 2.58 bits per heavy atom. The van der Waals surface area contributed by atoms with Crippen LogP contribution in [0.2, 0.25) is 5.02 Å². The molecule has 31 heavy (non-hydrogen) atoms. The van der Waals surface area contributed by atoms with Crippen molar-refractivity contribution in [2.45, 2.75) is 12.7 Å². The molecule has 160 valence electrons. The number of alkyl halides is 3. The maximum Gasteiger partial charge on any atom is 0.417 e. The molecule has 0 amide bonds. The van der Waals surface area contributed by atoms with Gasteiger partial charge in [0.2, 0.25) is 5.95 Å². The number of benzene rings is 1. The summed E-state index contributed by atoms with van der Waals surface area (Å²) in [5.41, 5.74) is 0.824. The van der Waals surface area contributed by atoms with Crippen molar-refractivity contribution in [1.29, 1.82) is 0 Å². The van der Waals surface area contributed by atoms with E-state index in [0.29, 0.717) is 41.8 Å². The molecule has 0 saturated carbocycles. The zero-order valence-corrected chi connectivity index (χ0v) is 17.0. The highest BCUT2D eigenvalue weighted by molar-refractivity contribution is 6.32. The summed E-state index contributed by atoms with van der Waals surface area (Å²) < 4.78 is 42.8. The highest BCUT2D eigenvalue weighted by Crippen LogP contribution is 2.39. The number of aromatic nitrogens is 4. The van der Waals surface area contributed by atoms with Crippen molar-refractivity contribution >= 4 is 23.3 Å². The number of hydrogen-bond donors (Lipinski definition) is 1. The van der Waals surface area contributed by atoms with E-state index in [1.54, 1.807) is 29.0 Å². The number of halogens is 4. The van der Waals surface area contributed by atoms with Crippen molar-refractivity contribution in [3.8, 4) is 5.69 Å². The Labute approximate surface area is 180 Å². The Morgan fingerprint density at radius 2 is 1.87 bits per heavy atom. The van der Waals surface area contributed by atoms with Crippen LogP contribution in [0.15, 0.2) is 41.5 Å². The highest BCUT2D eigenvalue weighted by atomic mass is 35.5. The fraction of sp³-hybridized carbons (Fsp3) is 0.300. The van der Waals surface area contributed by atoms with Gasteiger partial charge in [-0.1, -0.05) is 17.7 Å². The van der Waals surface area contributed by atoms with Gasteiger partial charge in [0.15, 0.2) is 5.82 Å². The molecule has 1 saturated heterocycles. The summed E-state index contributed by atoms with van der Waals surface area (Å²) in [5, 5.41) is 11.4. The molecular weight excluding hydrogens is 431 g/mol. The molecule has 5 rings (SSSR count). The minimum Gasteiger partial charge on any atom is -0.338 e. The van der Waals surface area contributed by atoms with Crippen molar-refractivity contribution in [2.75, 3.05) is 31.1 Å². The quantitative estimate of drug-likeness (QED) is 0.653. The summed E-state index contributed by atoms with van der Waals surface area (Å²) in [6.07, 6.45) is -3.00. The first-order valence-electron chi connectivity index (χ1n) is 9.71. The van der Waals surface area contributed by atoms with Crippen LogP contribution in [0, 0.1) is 0 Å². The van der Waals surface area contributed by atoms with E-state index in [9.17, 15) is 13.2 Å². The molecule has 1 fully saturated rings. The fourth-order valence-corrected chi connectivity index (χ4v) is 4.11. The lowest BCUT2D eigenvalue weighted by molar-refractivity contribution is -0.137. The predicted octanol–water partition coefficient (Wildman–Crippen LogP) is 3.10. The number of nitrogens with zero attached hydrogens (tertiary/aromatic N) is 6. The molecule has 2 aromatic heterocycles. The Balaban J connectivity index is 1.76. The number of nitrogens with one attached hydrogen (secondary N) is 1. The van der Waals surface area contributed by atoms with Gasteiger partial charge >= 0.3 is 6.18 Å². The molecule has 2 aliphatic heterocycles. The van der Waals surface area contributed by atoms with Crippen molar-refractivity contribution in [1.82, 2.24) is 25.1 Å². The van der Waals surface area contributed by atoms with Gasteiger partial charge in [0.1, 0.15) is 6.54 Å². The Hall–Kier alpha value is -2.98. The average molecular weight is 448 g/mol. The summed E-state index contributed by atoms with van der Waals surface area (Å²) in [6.45, 7) is 2.99. The van der Waals surface area contributed by atoms with Gasteiger partial charge in [-0.3, -0.25) is 14.5 Å². The van der Waals surface area contributed by atoms with Gasteiger partial charge in [0, 0.05) is 37.9 Å². The van der Waals surface area contributed by atoms with E-state index >= 15 is 0 Å². The molecule has 4 heterocycles. The van der Waals surface area contributed by atoms with E-state index in [2.05, 4.69) is 25.5 Å². The van der Waals surface area contributed by atoms with Crippen molar-refractivity contribution in [2.24, 2.45) is 4.99 Å². The lowest BCUT2D eigenvalue weighted by atomic mass is 10.0. The van der Waals surface area contributed by atoms with Crippen LogP contribution < -0.4 is 10.2 Å². The van der Waals surface area contributed by atoms with E-state index in [1.807, 2.05) is 4.90 Å². The van der Waals surface area contributed by atoms with Gasteiger partial charge in [-0.15, -0.1) is 10.2 Å². The van der Waals surface area contributed by atoms with Gasteiger partial charge in [0.05, 0.1) is 27.7 Å². The molecule has 0 bridgehead atoms. The predicted molar refractivity (Wildman–Crippen MR) is 110 cm³/mol. The maximum absolute atomic E-state index is 13.7. The van der Waals surface area contributed by atoms with Gasteiger partial charge in [0.25, 0.3) is 0 Å². The van der Waals surface area contributed by atoms with Gasteiger partial charge in [-0.05, 0) is 24.3 Å². The number of hydrogen-bond acceptors (Lipinski definition) is 6. The van der Waals surface area contributed by atoms with Crippen molar-refractivity contribution in [3.05, 3.63) is 64.2 Å². The van der Waals surface area contributed by atoms with Crippen LogP contribution in [0.1, 0.15) is 22.6 Å². The molecule has 0 spiro atoms. The number of aliphatic imine (C=N–C) groups is 1. The Bertz CT molecular complexity index is 1150. The summed E-state index contributed by atoms with van der Waals surface area (Å²) in [5.74, 6) is 0.946. The number of pyridine rings is 1. The molecule has 1 N–H and O–H groups in total. The highest BCUT2D eigenvalue weighted by Gasteiger charge is 2.36. The van der Waals surface area contributed by atoms with Crippen molar-refractivity contribution in [3.63, 3.8) is 0 Å². The van der Waals surface area contributed by atoms with Gasteiger partial charge in [-0.2, -0.15) is 13.2 Å². The number of fused-ring (bicyclic) bond motifs is 3. The number of anilines is 1. The maximum atomic E-state index is 13.7. The third-order valence-electron chi connectivity index (χ3n) is 5.29. The minimum absolute atomic E-state index is 0.151. The van der Waals surface area contributed by atoms with Crippen LogP contribution in [0.4, 0.5) is 19.1 Å². The zero-order chi connectivity index (χ0) is 21.6. The zero-order valence-electron chi connectivity index (χ0n) is 16.2. The van der Waals surface area contributed by atoms with E-state index < -0.39 is 16.8 Å². The SMILES string of the molecule is FC(F)(F)c1cc2c(cc1Cl)C(c1ccccn1)=NCc1nnc(N3CCNCC3)n1-2.